The van der Waals surface area contributed by atoms with E-state index in [0.29, 0.717) is 41.5 Å². The molecule has 0 aliphatic heterocycles. The van der Waals surface area contributed by atoms with Gasteiger partial charge in [0, 0.05) is 48.1 Å². The summed E-state index contributed by atoms with van der Waals surface area (Å²) >= 11 is 0. The fourth-order valence-electron chi connectivity index (χ4n) is 4.75. The first-order valence-electron chi connectivity index (χ1n) is 13.3. The van der Waals surface area contributed by atoms with Gasteiger partial charge in [-0.1, -0.05) is 36.4 Å². The number of ether oxygens (including phenoxy) is 2. The van der Waals surface area contributed by atoms with Crippen LogP contribution in [0.5, 0.6) is 11.5 Å². The summed E-state index contributed by atoms with van der Waals surface area (Å²) in [4.78, 5) is 34.1. The van der Waals surface area contributed by atoms with Crippen molar-refractivity contribution in [1.82, 2.24) is 20.3 Å². The van der Waals surface area contributed by atoms with Crippen LogP contribution in [0, 0.1) is 0 Å². The highest BCUT2D eigenvalue weighted by Gasteiger charge is 2.28. The number of carbonyl (C=O) groups is 2. The smallest absolute Gasteiger partial charge is 0.305 e. The second kappa shape index (κ2) is 11.7. The monoisotopic (exact) mass is 552 g/mol. The summed E-state index contributed by atoms with van der Waals surface area (Å²) in [5.74, 6) is 1.42. The molecule has 1 amide bonds. The third-order valence-electron chi connectivity index (χ3n) is 7.09. The molecule has 0 saturated carbocycles. The Bertz CT molecular complexity index is 1700. The van der Waals surface area contributed by atoms with E-state index in [9.17, 15) is 14.7 Å². The van der Waals surface area contributed by atoms with Crippen LogP contribution in [0.3, 0.4) is 0 Å². The predicted molar refractivity (Wildman–Crippen MR) is 155 cm³/mol. The number of benzene rings is 3. The molecule has 4 N–H and O–H groups in total. The number of imidazole rings is 1. The molecule has 5 rings (SSSR count). The molecule has 2 aromatic heterocycles. The van der Waals surface area contributed by atoms with E-state index in [1.54, 1.807) is 13.1 Å². The van der Waals surface area contributed by atoms with Crippen molar-refractivity contribution in [3.8, 4) is 22.9 Å². The number of aromatic amines is 2. The summed E-state index contributed by atoms with van der Waals surface area (Å²) in [6, 6.07) is 20.8. The molecule has 0 spiro atoms. The third kappa shape index (κ3) is 6.15. The molecule has 0 aliphatic rings. The zero-order valence-electron chi connectivity index (χ0n) is 23.2. The lowest BCUT2D eigenvalue weighted by molar-refractivity contribution is -0.140. The lowest BCUT2D eigenvalue weighted by atomic mass is 9.91. The zero-order valence-corrected chi connectivity index (χ0v) is 23.2. The summed E-state index contributed by atoms with van der Waals surface area (Å²) in [5.41, 5.74) is 3.39. The number of nitrogens with one attached hydrogen (secondary N) is 3. The van der Waals surface area contributed by atoms with E-state index < -0.39 is 5.60 Å². The molecule has 1 unspecified atom stereocenters. The lowest BCUT2D eigenvalue weighted by Crippen LogP contribution is -2.23. The zero-order chi connectivity index (χ0) is 29.0. The second-order valence-electron chi connectivity index (χ2n) is 10.0. The minimum absolute atomic E-state index is 0.122. The van der Waals surface area contributed by atoms with Gasteiger partial charge in [-0.3, -0.25) is 9.59 Å². The fourth-order valence-corrected chi connectivity index (χ4v) is 4.75. The van der Waals surface area contributed by atoms with Crippen LogP contribution in [0.25, 0.3) is 22.3 Å². The fraction of sp³-hybridized carbons (Fsp3) is 0.219. The first kappa shape index (κ1) is 27.7. The molecule has 1 atom stereocenters. The molecule has 9 nitrogen and oxygen atoms in total. The minimum Gasteiger partial charge on any atom is -0.469 e. The van der Waals surface area contributed by atoms with Crippen LogP contribution in [-0.4, -0.2) is 39.0 Å². The van der Waals surface area contributed by atoms with Gasteiger partial charge in [0.05, 0.1) is 19.0 Å². The van der Waals surface area contributed by atoms with Crippen molar-refractivity contribution in [1.29, 1.82) is 0 Å². The highest BCUT2D eigenvalue weighted by molar-refractivity contribution is 5.86. The van der Waals surface area contributed by atoms with Gasteiger partial charge in [-0.2, -0.15) is 0 Å². The number of methoxy groups -OCH3 is 1. The summed E-state index contributed by atoms with van der Waals surface area (Å²) in [5, 5.41) is 15.3. The number of hydrogen-bond acceptors (Lipinski definition) is 6. The number of rotatable bonds is 10. The molecule has 210 valence electrons. The molecule has 0 aliphatic carbocycles. The van der Waals surface area contributed by atoms with Crippen LogP contribution >= 0.6 is 0 Å². The Balaban J connectivity index is 1.38. The average molecular weight is 553 g/mol. The molecule has 5 aromatic rings. The van der Waals surface area contributed by atoms with Gasteiger partial charge in [0.25, 0.3) is 0 Å². The van der Waals surface area contributed by atoms with E-state index >= 15 is 0 Å². The van der Waals surface area contributed by atoms with Crippen molar-refractivity contribution in [2.45, 2.75) is 38.8 Å². The molecule has 0 bridgehead atoms. The van der Waals surface area contributed by atoms with Crippen molar-refractivity contribution in [3.63, 3.8) is 0 Å². The molecule has 0 fully saturated rings. The van der Waals surface area contributed by atoms with Gasteiger partial charge in [-0.15, -0.1) is 0 Å². The van der Waals surface area contributed by atoms with Crippen LogP contribution < -0.4 is 10.1 Å². The van der Waals surface area contributed by atoms with E-state index in [0.717, 1.165) is 27.6 Å². The van der Waals surface area contributed by atoms with Gasteiger partial charge in [-0.25, -0.2) is 4.98 Å². The minimum atomic E-state index is -1.34. The first-order chi connectivity index (χ1) is 19.7. The van der Waals surface area contributed by atoms with Crippen molar-refractivity contribution in [2.24, 2.45) is 0 Å². The van der Waals surface area contributed by atoms with Crippen LogP contribution in [0.2, 0.25) is 0 Å². The third-order valence-corrected chi connectivity index (χ3v) is 7.09. The van der Waals surface area contributed by atoms with Crippen molar-refractivity contribution >= 4 is 22.8 Å². The summed E-state index contributed by atoms with van der Waals surface area (Å²) < 4.78 is 11.0. The molecule has 9 heteroatoms. The highest BCUT2D eigenvalue weighted by atomic mass is 16.5. The van der Waals surface area contributed by atoms with Gasteiger partial charge in [0.1, 0.15) is 22.9 Å². The standard InChI is InChI=1S/C32H32N4O5/c1-20(37)34-18-26-25-14-15-33-27(25)11-12-28(26)41-24-9-5-7-22(17-24)31-35-19-29(36-31)32(2,39)23-8-4-6-21(16-23)10-13-30(38)40-3/h4-9,11-12,14-17,19,33,39H,10,13,18H2,1-3H3,(H,34,37)(H,35,36). The van der Waals surface area contributed by atoms with Gasteiger partial charge in [0.2, 0.25) is 5.91 Å². The number of nitrogens with zero attached hydrogens (tertiary/aromatic N) is 1. The summed E-state index contributed by atoms with van der Waals surface area (Å²) in [6.07, 6.45) is 4.26. The van der Waals surface area contributed by atoms with Crippen molar-refractivity contribution < 1.29 is 24.2 Å². The maximum atomic E-state index is 11.6. The summed E-state index contributed by atoms with van der Waals surface area (Å²) in [7, 11) is 1.37. The number of aryl methyl sites for hydroxylation is 1. The maximum absolute atomic E-state index is 11.6. The number of hydrogen-bond donors (Lipinski definition) is 4. The second-order valence-corrected chi connectivity index (χ2v) is 10.0. The predicted octanol–water partition coefficient (Wildman–Crippen LogP) is 5.35. The first-order valence-corrected chi connectivity index (χ1v) is 13.3. The number of aromatic nitrogens is 3. The van der Waals surface area contributed by atoms with E-state index in [4.69, 9.17) is 9.47 Å². The molecule has 0 saturated heterocycles. The highest BCUT2D eigenvalue weighted by Crippen LogP contribution is 2.34. The largest absolute Gasteiger partial charge is 0.469 e. The maximum Gasteiger partial charge on any atom is 0.305 e. The molecule has 2 heterocycles. The normalized spacial score (nSPS) is 12.6. The average Bonchev–Trinajstić information content (AvgIpc) is 3.66. The lowest BCUT2D eigenvalue weighted by Gasteiger charge is -2.23. The van der Waals surface area contributed by atoms with Gasteiger partial charge in [-0.05, 0) is 54.8 Å². The topological polar surface area (TPSA) is 129 Å². The quantitative estimate of drug-likeness (QED) is 0.173. The Morgan fingerprint density at radius 2 is 1.90 bits per heavy atom. The molecule has 0 radical (unpaired) electrons. The van der Waals surface area contributed by atoms with Gasteiger partial charge in [0.15, 0.2) is 0 Å². The van der Waals surface area contributed by atoms with Gasteiger partial charge >= 0.3 is 5.97 Å². The van der Waals surface area contributed by atoms with Crippen LogP contribution in [0.1, 0.15) is 42.7 Å². The van der Waals surface area contributed by atoms with E-state index in [-0.39, 0.29) is 18.3 Å². The van der Waals surface area contributed by atoms with Crippen LogP contribution in [0.4, 0.5) is 0 Å². The van der Waals surface area contributed by atoms with Crippen molar-refractivity contribution in [3.05, 3.63) is 102 Å². The molecular formula is C32H32N4O5. The summed E-state index contributed by atoms with van der Waals surface area (Å²) in [6.45, 7) is 3.52. The number of carbonyl (C=O) groups excluding carboxylic acids is 2. The Morgan fingerprint density at radius 1 is 1.07 bits per heavy atom. The van der Waals surface area contributed by atoms with E-state index in [2.05, 4.69) is 20.3 Å². The number of H-pyrrole nitrogens is 2. The number of aliphatic hydroxyl groups is 1. The van der Waals surface area contributed by atoms with Crippen LogP contribution in [-0.2, 0) is 32.9 Å². The van der Waals surface area contributed by atoms with Crippen LogP contribution in [0.15, 0.2) is 79.1 Å². The van der Waals surface area contributed by atoms with Crippen molar-refractivity contribution in [2.75, 3.05) is 7.11 Å². The number of amides is 1. The SMILES string of the molecule is COC(=O)CCc1cccc(C(C)(O)c2cnc(-c3cccc(Oc4ccc5[nH]ccc5c4CNC(C)=O)c3)[nH]2)c1. The molecular weight excluding hydrogens is 520 g/mol. The Hall–Kier alpha value is -4.89. The Morgan fingerprint density at radius 3 is 2.71 bits per heavy atom. The number of esters is 1. The van der Waals surface area contributed by atoms with E-state index in [1.807, 2.05) is 72.9 Å². The van der Waals surface area contributed by atoms with E-state index in [1.165, 1.54) is 14.0 Å². The number of fused-ring (bicyclic) bond motifs is 1. The Kier molecular flexibility index (Phi) is 7.89. The van der Waals surface area contributed by atoms with Gasteiger partial charge < -0.3 is 29.9 Å². The molecule has 41 heavy (non-hydrogen) atoms. The Labute approximate surface area is 237 Å². The molecule has 3 aromatic carbocycles.